The van der Waals surface area contributed by atoms with Crippen molar-refractivity contribution in [1.82, 2.24) is 15.1 Å². The molecule has 120 valence electrons. The topological polar surface area (TPSA) is 59.2 Å². The summed E-state index contributed by atoms with van der Waals surface area (Å²) >= 11 is 0. The number of piperidine rings is 1. The molecule has 0 radical (unpaired) electrons. The highest BCUT2D eigenvalue weighted by Crippen LogP contribution is 2.34. The van der Waals surface area contributed by atoms with Crippen LogP contribution in [0.4, 0.5) is 4.39 Å². The molecule has 1 saturated heterocycles. The Bertz CT molecular complexity index is 726. The SMILES string of the molecule is O=C(C1CC1)N1CCC[C@@H](c2nnc(-c3ccccc3F)o2)C1. The largest absolute Gasteiger partial charge is 0.420 e. The first-order chi connectivity index (χ1) is 11.2. The molecule has 23 heavy (non-hydrogen) atoms. The summed E-state index contributed by atoms with van der Waals surface area (Å²) in [6.07, 6.45) is 3.86. The number of hydrogen-bond donors (Lipinski definition) is 0. The maximum absolute atomic E-state index is 13.8. The molecule has 1 aliphatic carbocycles. The van der Waals surface area contributed by atoms with Crippen LogP contribution < -0.4 is 0 Å². The lowest BCUT2D eigenvalue weighted by atomic mass is 9.97. The predicted octanol–water partition coefficient (Wildman–Crippen LogP) is 2.99. The van der Waals surface area contributed by atoms with E-state index in [0.29, 0.717) is 18.0 Å². The number of likely N-dealkylation sites (tertiary alicyclic amines) is 1. The summed E-state index contributed by atoms with van der Waals surface area (Å²) in [6.45, 7) is 1.42. The zero-order valence-corrected chi connectivity index (χ0v) is 12.7. The van der Waals surface area contributed by atoms with E-state index in [9.17, 15) is 9.18 Å². The quantitative estimate of drug-likeness (QED) is 0.873. The van der Waals surface area contributed by atoms with Crippen LogP contribution in [0, 0.1) is 11.7 Å². The van der Waals surface area contributed by atoms with Crippen LogP contribution in [0.25, 0.3) is 11.5 Å². The smallest absolute Gasteiger partial charge is 0.250 e. The van der Waals surface area contributed by atoms with E-state index in [-0.39, 0.29) is 29.5 Å². The first-order valence-electron chi connectivity index (χ1n) is 8.09. The van der Waals surface area contributed by atoms with Crippen LogP contribution in [0.3, 0.4) is 0 Å². The van der Waals surface area contributed by atoms with Crippen molar-refractivity contribution in [3.8, 4) is 11.5 Å². The number of amides is 1. The standard InChI is InChI=1S/C17H18FN3O2/c18-14-6-2-1-5-13(14)16-20-19-15(23-16)12-4-3-9-21(10-12)17(22)11-7-8-11/h1-2,5-6,11-12H,3-4,7-10H2/t12-/m1/s1. The fourth-order valence-corrected chi connectivity index (χ4v) is 3.11. The number of hydrogen-bond acceptors (Lipinski definition) is 4. The lowest BCUT2D eigenvalue weighted by molar-refractivity contribution is -0.133. The second-order valence-corrected chi connectivity index (χ2v) is 6.32. The molecule has 2 aromatic rings. The average Bonchev–Trinajstić information content (AvgIpc) is 3.32. The molecule has 1 aromatic heterocycles. The van der Waals surface area contributed by atoms with Gasteiger partial charge in [-0.15, -0.1) is 10.2 Å². The summed E-state index contributed by atoms with van der Waals surface area (Å²) in [7, 11) is 0. The molecule has 1 aromatic carbocycles. The number of benzene rings is 1. The number of rotatable bonds is 3. The molecule has 4 rings (SSSR count). The van der Waals surface area contributed by atoms with Crippen molar-refractivity contribution in [2.24, 2.45) is 5.92 Å². The van der Waals surface area contributed by atoms with E-state index in [4.69, 9.17) is 4.42 Å². The zero-order chi connectivity index (χ0) is 15.8. The van der Waals surface area contributed by atoms with Gasteiger partial charge in [0, 0.05) is 19.0 Å². The Kier molecular flexibility index (Phi) is 3.59. The van der Waals surface area contributed by atoms with Crippen molar-refractivity contribution in [2.75, 3.05) is 13.1 Å². The van der Waals surface area contributed by atoms with Crippen molar-refractivity contribution in [1.29, 1.82) is 0 Å². The second kappa shape index (κ2) is 5.76. The van der Waals surface area contributed by atoms with Crippen LogP contribution in [-0.4, -0.2) is 34.1 Å². The van der Waals surface area contributed by atoms with Crippen LogP contribution >= 0.6 is 0 Å². The zero-order valence-electron chi connectivity index (χ0n) is 12.7. The molecule has 1 atom stereocenters. The molecule has 0 spiro atoms. The first kappa shape index (κ1) is 14.4. The summed E-state index contributed by atoms with van der Waals surface area (Å²) < 4.78 is 19.5. The summed E-state index contributed by atoms with van der Waals surface area (Å²) in [6, 6.07) is 6.35. The maximum atomic E-state index is 13.8. The van der Waals surface area contributed by atoms with E-state index in [2.05, 4.69) is 10.2 Å². The van der Waals surface area contributed by atoms with Crippen LogP contribution in [-0.2, 0) is 4.79 Å². The third-order valence-electron chi connectivity index (χ3n) is 4.55. The summed E-state index contributed by atoms with van der Waals surface area (Å²) in [5, 5.41) is 8.07. The van der Waals surface area contributed by atoms with Gasteiger partial charge in [-0.05, 0) is 37.8 Å². The van der Waals surface area contributed by atoms with Crippen LogP contribution in [0.5, 0.6) is 0 Å². The van der Waals surface area contributed by atoms with Gasteiger partial charge in [0.2, 0.25) is 11.8 Å². The number of halogens is 1. The number of carbonyl (C=O) groups excluding carboxylic acids is 1. The average molecular weight is 315 g/mol. The Morgan fingerprint density at radius 1 is 1.22 bits per heavy atom. The minimum Gasteiger partial charge on any atom is -0.420 e. The van der Waals surface area contributed by atoms with Crippen LogP contribution in [0.2, 0.25) is 0 Å². The number of carbonyl (C=O) groups is 1. The van der Waals surface area contributed by atoms with Gasteiger partial charge in [-0.2, -0.15) is 0 Å². The molecule has 2 aliphatic rings. The Morgan fingerprint density at radius 3 is 2.83 bits per heavy atom. The summed E-state index contributed by atoms with van der Waals surface area (Å²) in [5.41, 5.74) is 0.313. The molecule has 2 heterocycles. The fraction of sp³-hybridized carbons (Fsp3) is 0.471. The lowest BCUT2D eigenvalue weighted by Crippen LogP contribution is -2.40. The van der Waals surface area contributed by atoms with Gasteiger partial charge in [-0.1, -0.05) is 12.1 Å². The molecule has 1 amide bonds. The number of aromatic nitrogens is 2. The molecule has 0 N–H and O–H groups in total. The molecule has 1 aliphatic heterocycles. The Hall–Kier alpha value is -2.24. The molecule has 0 bridgehead atoms. The molecular formula is C17H18FN3O2. The molecule has 5 nitrogen and oxygen atoms in total. The van der Waals surface area contributed by atoms with E-state index in [0.717, 1.165) is 32.2 Å². The lowest BCUT2D eigenvalue weighted by Gasteiger charge is -2.31. The van der Waals surface area contributed by atoms with Gasteiger partial charge in [0.05, 0.1) is 11.5 Å². The van der Waals surface area contributed by atoms with Crippen molar-refractivity contribution in [3.63, 3.8) is 0 Å². The van der Waals surface area contributed by atoms with Gasteiger partial charge in [0.25, 0.3) is 5.89 Å². The normalized spacial score (nSPS) is 21.4. The predicted molar refractivity (Wildman–Crippen MR) is 81.0 cm³/mol. The van der Waals surface area contributed by atoms with E-state index in [1.807, 2.05) is 4.90 Å². The molecule has 6 heteroatoms. The highest BCUT2D eigenvalue weighted by atomic mass is 19.1. The first-order valence-corrected chi connectivity index (χ1v) is 8.09. The number of nitrogens with zero attached hydrogens (tertiary/aromatic N) is 3. The molecule has 1 saturated carbocycles. The van der Waals surface area contributed by atoms with E-state index >= 15 is 0 Å². The highest BCUT2D eigenvalue weighted by molar-refractivity contribution is 5.81. The van der Waals surface area contributed by atoms with Gasteiger partial charge in [-0.3, -0.25) is 4.79 Å². The van der Waals surface area contributed by atoms with Crippen LogP contribution in [0.1, 0.15) is 37.5 Å². The Labute approximate surface area is 133 Å². The third-order valence-corrected chi connectivity index (χ3v) is 4.55. The van der Waals surface area contributed by atoms with Gasteiger partial charge >= 0.3 is 0 Å². The fourth-order valence-electron chi connectivity index (χ4n) is 3.11. The van der Waals surface area contributed by atoms with Gasteiger partial charge < -0.3 is 9.32 Å². The van der Waals surface area contributed by atoms with Crippen molar-refractivity contribution < 1.29 is 13.6 Å². The van der Waals surface area contributed by atoms with E-state index < -0.39 is 0 Å². The highest BCUT2D eigenvalue weighted by Gasteiger charge is 2.36. The summed E-state index contributed by atoms with van der Waals surface area (Å²) in [4.78, 5) is 14.1. The van der Waals surface area contributed by atoms with E-state index in [1.165, 1.54) is 6.07 Å². The van der Waals surface area contributed by atoms with Gasteiger partial charge in [0.15, 0.2) is 0 Å². The Balaban J connectivity index is 1.52. The van der Waals surface area contributed by atoms with Crippen molar-refractivity contribution in [3.05, 3.63) is 36.0 Å². The van der Waals surface area contributed by atoms with Crippen molar-refractivity contribution >= 4 is 5.91 Å². The summed E-state index contributed by atoms with van der Waals surface area (Å²) in [5.74, 6) is 0.839. The van der Waals surface area contributed by atoms with Crippen molar-refractivity contribution in [2.45, 2.75) is 31.6 Å². The third kappa shape index (κ3) is 2.85. The minimum absolute atomic E-state index is 0.0412. The minimum atomic E-state index is -0.378. The Morgan fingerprint density at radius 2 is 2.04 bits per heavy atom. The maximum Gasteiger partial charge on any atom is 0.250 e. The molecule has 2 fully saturated rings. The van der Waals surface area contributed by atoms with Gasteiger partial charge in [-0.25, -0.2) is 4.39 Å². The van der Waals surface area contributed by atoms with Gasteiger partial charge in [0.1, 0.15) is 5.82 Å². The van der Waals surface area contributed by atoms with E-state index in [1.54, 1.807) is 18.2 Å². The molecular weight excluding hydrogens is 297 g/mol. The second-order valence-electron chi connectivity index (χ2n) is 6.32. The van der Waals surface area contributed by atoms with Crippen LogP contribution in [0.15, 0.2) is 28.7 Å². The molecule has 0 unspecified atom stereocenters. The monoisotopic (exact) mass is 315 g/mol.